The van der Waals surface area contributed by atoms with Crippen molar-refractivity contribution in [1.29, 1.82) is 0 Å². The Morgan fingerprint density at radius 1 is 1.16 bits per heavy atom. The zero-order chi connectivity index (χ0) is 17.1. The third kappa shape index (κ3) is 3.95. The van der Waals surface area contributed by atoms with Crippen LogP contribution < -0.4 is 10.2 Å². The molecule has 0 bridgehead atoms. The summed E-state index contributed by atoms with van der Waals surface area (Å²) in [5.41, 5.74) is 1.73. The van der Waals surface area contributed by atoms with Gasteiger partial charge in [-0.15, -0.1) is 0 Å². The fourth-order valence-corrected chi connectivity index (χ4v) is 3.71. The molecular formula is C19H25N3O3. The SMILES string of the molecule is O=C(CC1CCN(c2nc3ccccc3o2)CC1)NC1CCOCC1. The highest BCUT2D eigenvalue weighted by Gasteiger charge is 2.25. The zero-order valence-electron chi connectivity index (χ0n) is 14.4. The van der Waals surface area contributed by atoms with Crippen LogP contribution >= 0.6 is 0 Å². The first-order valence-corrected chi connectivity index (χ1v) is 9.25. The Balaban J connectivity index is 1.27. The Morgan fingerprint density at radius 3 is 2.68 bits per heavy atom. The van der Waals surface area contributed by atoms with Crippen LogP contribution in [0.15, 0.2) is 28.7 Å². The highest BCUT2D eigenvalue weighted by atomic mass is 16.5. The summed E-state index contributed by atoms with van der Waals surface area (Å²) in [5.74, 6) is 0.632. The standard InChI is InChI=1S/C19H25N3O3/c23-18(20-15-7-11-24-12-8-15)13-14-5-9-22(10-6-14)19-21-16-3-1-2-4-17(16)25-19/h1-4,14-15H,5-13H2,(H,20,23). The number of piperidine rings is 1. The van der Waals surface area contributed by atoms with Crippen molar-refractivity contribution in [3.8, 4) is 0 Å². The van der Waals surface area contributed by atoms with Gasteiger partial charge >= 0.3 is 0 Å². The van der Waals surface area contributed by atoms with Crippen LogP contribution in [0.5, 0.6) is 0 Å². The molecule has 6 nitrogen and oxygen atoms in total. The Bertz CT molecular complexity index is 683. The first kappa shape index (κ1) is 16.4. The minimum atomic E-state index is 0.187. The summed E-state index contributed by atoms with van der Waals surface area (Å²) in [6.45, 7) is 3.30. The van der Waals surface area contributed by atoms with Gasteiger partial charge in [-0.1, -0.05) is 12.1 Å². The van der Waals surface area contributed by atoms with Crippen molar-refractivity contribution in [2.24, 2.45) is 5.92 Å². The smallest absolute Gasteiger partial charge is 0.298 e. The Kier molecular flexibility index (Phi) is 4.88. The largest absolute Gasteiger partial charge is 0.423 e. The number of nitrogens with one attached hydrogen (secondary N) is 1. The molecule has 134 valence electrons. The van der Waals surface area contributed by atoms with Crippen LogP contribution in [-0.4, -0.2) is 43.2 Å². The van der Waals surface area contributed by atoms with Gasteiger partial charge in [-0.3, -0.25) is 4.79 Å². The van der Waals surface area contributed by atoms with Gasteiger partial charge in [0.15, 0.2) is 5.58 Å². The maximum Gasteiger partial charge on any atom is 0.298 e. The molecule has 0 atom stereocenters. The van der Waals surface area contributed by atoms with Gasteiger partial charge in [0.2, 0.25) is 5.91 Å². The fourth-order valence-electron chi connectivity index (χ4n) is 3.71. The number of carbonyl (C=O) groups excluding carboxylic acids is 1. The molecule has 1 amide bonds. The van der Waals surface area contributed by atoms with E-state index in [1.807, 2.05) is 24.3 Å². The van der Waals surface area contributed by atoms with Crippen molar-refractivity contribution in [2.45, 2.75) is 38.1 Å². The van der Waals surface area contributed by atoms with E-state index in [2.05, 4.69) is 15.2 Å². The lowest BCUT2D eigenvalue weighted by atomic mass is 9.93. The van der Waals surface area contributed by atoms with Gasteiger partial charge in [0.25, 0.3) is 6.01 Å². The van der Waals surface area contributed by atoms with Crippen molar-refractivity contribution in [3.05, 3.63) is 24.3 Å². The number of benzene rings is 1. The average molecular weight is 343 g/mol. The number of carbonyl (C=O) groups is 1. The van der Waals surface area contributed by atoms with E-state index in [-0.39, 0.29) is 5.91 Å². The predicted molar refractivity (Wildman–Crippen MR) is 95.5 cm³/mol. The van der Waals surface area contributed by atoms with Crippen LogP contribution in [0.4, 0.5) is 6.01 Å². The van der Waals surface area contributed by atoms with Gasteiger partial charge in [-0.2, -0.15) is 4.98 Å². The van der Waals surface area contributed by atoms with Crippen LogP contribution in [0.1, 0.15) is 32.1 Å². The lowest BCUT2D eigenvalue weighted by Gasteiger charge is -2.31. The van der Waals surface area contributed by atoms with Gasteiger partial charge in [-0.05, 0) is 43.7 Å². The molecule has 2 aromatic rings. The van der Waals surface area contributed by atoms with Crippen molar-refractivity contribution < 1.29 is 13.9 Å². The molecular weight excluding hydrogens is 318 g/mol. The first-order chi connectivity index (χ1) is 12.3. The second-order valence-corrected chi connectivity index (χ2v) is 7.05. The molecule has 1 aromatic carbocycles. The van der Waals surface area contributed by atoms with Crippen molar-refractivity contribution in [1.82, 2.24) is 10.3 Å². The van der Waals surface area contributed by atoms with Gasteiger partial charge in [0.1, 0.15) is 5.52 Å². The van der Waals surface area contributed by atoms with E-state index < -0.39 is 0 Å². The number of ether oxygens (including phenoxy) is 1. The predicted octanol–water partition coefficient (Wildman–Crippen LogP) is 2.73. The summed E-state index contributed by atoms with van der Waals surface area (Å²) < 4.78 is 11.2. The van der Waals surface area contributed by atoms with Crippen LogP contribution in [0.3, 0.4) is 0 Å². The molecule has 2 aliphatic heterocycles. The summed E-state index contributed by atoms with van der Waals surface area (Å²) in [6.07, 6.45) is 4.49. The van der Waals surface area contributed by atoms with Gasteiger partial charge in [0.05, 0.1) is 0 Å². The first-order valence-electron chi connectivity index (χ1n) is 9.25. The maximum atomic E-state index is 12.3. The van der Waals surface area contributed by atoms with Crippen LogP contribution in [0.25, 0.3) is 11.1 Å². The molecule has 2 aliphatic rings. The number of anilines is 1. The molecule has 1 aromatic heterocycles. The molecule has 4 rings (SSSR count). The average Bonchev–Trinajstić information content (AvgIpc) is 3.07. The molecule has 6 heteroatoms. The van der Waals surface area contributed by atoms with Gasteiger partial charge < -0.3 is 19.4 Å². The summed E-state index contributed by atoms with van der Waals surface area (Å²) in [5, 5.41) is 3.16. The molecule has 1 N–H and O–H groups in total. The van der Waals surface area contributed by atoms with Gasteiger partial charge in [-0.25, -0.2) is 0 Å². The van der Waals surface area contributed by atoms with E-state index in [1.54, 1.807) is 0 Å². The second-order valence-electron chi connectivity index (χ2n) is 7.05. The summed E-state index contributed by atoms with van der Waals surface area (Å²) in [7, 11) is 0. The number of nitrogens with zero attached hydrogens (tertiary/aromatic N) is 2. The Morgan fingerprint density at radius 2 is 1.92 bits per heavy atom. The van der Waals surface area contributed by atoms with E-state index in [1.165, 1.54) is 0 Å². The molecule has 25 heavy (non-hydrogen) atoms. The molecule has 2 fully saturated rings. The summed E-state index contributed by atoms with van der Waals surface area (Å²) in [6, 6.07) is 8.83. The van der Waals surface area contributed by atoms with Gasteiger partial charge in [0, 0.05) is 38.8 Å². The minimum absolute atomic E-state index is 0.187. The van der Waals surface area contributed by atoms with Crippen LogP contribution in [0.2, 0.25) is 0 Å². The number of hydrogen-bond acceptors (Lipinski definition) is 5. The van der Waals surface area contributed by atoms with Crippen molar-refractivity contribution in [3.63, 3.8) is 0 Å². The molecule has 0 spiro atoms. The topological polar surface area (TPSA) is 67.6 Å². The number of oxazole rings is 1. The summed E-state index contributed by atoms with van der Waals surface area (Å²) in [4.78, 5) is 19.0. The second kappa shape index (κ2) is 7.44. The number of rotatable bonds is 4. The Labute approximate surface area is 147 Å². The molecule has 0 aliphatic carbocycles. The van der Waals surface area contributed by atoms with Crippen molar-refractivity contribution in [2.75, 3.05) is 31.2 Å². The fraction of sp³-hybridized carbons (Fsp3) is 0.579. The lowest BCUT2D eigenvalue weighted by Crippen LogP contribution is -2.41. The van der Waals surface area contributed by atoms with E-state index >= 15 is 0 Å². The number of para-hydroxylation sites is 2. The number of amides is 1. The third-order valence-electron chi connectivity index (χ3n) is 5.23. The minimum Gasteiger partial charge on any atom is -0.423 e. The molecule has 2 saturated heterocycles. The van der Waals surface area contributed by atoms with E-state index in [9.17, 15) is 4.79 Å². The number of fused-ring (bicyclic) bond motifs is 1. The van der Waals surface area contributed by atoms with E-state index in [4.69, 9.17) is 9.15 Å². The highest BCUT2D eigenvalue weighted by molar-refractivity contribution is 5.76. The van der Waals surface area contributed by atoms with Crippen LogP contribution in [-0.2, 0) is 9.53 Å². The number of hydrogen-bond donors (Lipinski definition) is 1. The van der Waals surface area contributed by atoms with E-state index in [0.29, 0.717) is 24.4 Å². The normalized spacial score (nSPS) is 20.1. The lowest BCUT2D eigenvalue weighted by molar-refractivity contribution is -0.123. The molecule has 3 heterocycles. The number of aromatic nitrogens is 1. The zero-order valence-corrected chi connectivity index (χ0v) is 14.4. The van der Waals surface area contributed by atoms with Crippen LogP contribution in [0, 0.1) is 5.92 Å². The monoisotopic (exact) mass is 343 g/mol. The quantitative estimate of drug-likeness (QED) is 0.924. The third-order valence-corrected chi connectivity index (χ3v) is 5.23. The molecule has 0 unspecified atom stereocenters. The molecule has 0 saturated carbocycles. The Hall–Kier alpha value is -2.08. The van der Waals surface area contributed by atoms with E-state index in [0.717, 1.165) is 63.1 Å². The summed E-state index contributed by atoms with van der Waals surface area (Å²) >= 11 is 0. The maximum absolute atomic E-state index is 12.3. The van der Waals surface area contributed by atoms with Crippen molar-refractivity contribution >= 4 is 23.0 Å². The highest BCUT2D eigenvalue weighted by Crippen LogP contribution is 2.27. The molecule has 0 radical (unpaired) electrons.